The average Bonchev–Trinajstić information content (AvgIpc) is 2.59. The summed E-state index contributed by atoms with van der Waals surface area (Å²) in [5.74, 6) is 0.457. The van der Waals surface area contributed by atoms with Gasteiger partial charge in [-0.15, -0.1) is 0 Å². The van der Waals surface area contributed by atoms with E-state index in [1.165, 1.54) is 4.68 Å². The number of anilines is 1. The number of benzene rings is 2. The molecule has 122 valence electrons. The van der Waals surface area contributed by atoms with Gasteiger partial charge in [0.25, 0.3) is 5.56 Å². The number of hydrogen-bond acceptors (Lipinski definition) is 4. The second-order valence-corrected chi connectivity index (χ2v) is 5.38. The fourth-order valence-corrected chi connectivity index (χ4v) is 2.56. The molecule has 3 aromatic rings. The predicted molar refractivity (Wildman–Crippen MR) is 92.3 cm³/mol. The van der Waals surface area contributed by atoms with E-state index in [2.05, 4.69) is 10.4 Å². The van der Waals surface area contributed by atoms with Crippen molar-refractivity contribution in [2.24, 2.45) is 7.05 Å². The van der Waals surface area contributed by atoms with E-state index in [1.54, 1.807) is 56.6 Å². The number of rotatable bonds is 4. The highest BCUT2D eigenvalue weighted by atomic mass is 16.5. The molecule has 0 unspecified atom stereocenters. The first-order chi connectivity index (χ1) is 11.6. The number of aryl methyl sites for hydroxylation is 1. The monoisotopic (exact) mass is 323 g/mol. The molecule has 0 fully saturated rings. The Labute approximate surface area is 138 Å². The summed E-state index contributed by atoms with van der Waals surface area (Å²) in [6.45, 7) is 0. The lowest BCUT2D eigenvalue weighted by Gasteiger charge is -2.09. The van der Waals surface area contributed by atoms with E-state index in [0.29, 0.717) is 27.9 Å². The molecule has 0 atom stereocenters. The van der Waals surface area contributed by atoms with Gasteiger partial charge in [0.2, 0.25) is 5.91 Å². The molecule has 2 aromatic carbocycles. The Hall–Kier alpha value is -3.15. The van der Waals surface area contributed by atoms with E-state index in [9.17, 15) is 9.59 Å². The van der Waals surface area contributed by atoms with Crippen LogP contribution in [0.4, 0.5) is 5.69 Å². The van der Waals surface area contributed by atoms with Crippen LogP contribution in [0.1, 0.15) is 5.69 Å². The zero-order chi connectivity index (χ0) is 17.1. The molecule has 6 heteroatoms. The van der Waals surface area contributed by atoms with Crippen molar-refractivity contribution in [3.63, 3.8) is 0 Å². The number of hydrogen-bond donors (Lipinski definition) is 1. The smallest absolute Gasteiger partial charge is 0.274 e. The van der Waals surface area contributed by atoms with Crippen LogP contribution in [0, 0.1) is 0 Å². The normalized spacial score (nSPS) is 10.6. The van der Waals surface area contributed by atoms with Gasteiger partial charge in [0.15, 0.2) is 0 Å². The molecule has 3 rings (SSSR count). The maximum atomic E-state index is 12.3. The first-order valence-electron chi connectivity index (χ1n) is 7.47. The molecule has 1 N–H and O–H groups in total. The summed E-state index contributed by atoms with van der Waals surface area (Å²) >= 11 is 0. The van der Waals surface area contributed by atoms with Gasteiger partial charge < -0.3 is 10.1 Å². The van der Waals surface area contributed by atoms with Gasteiger partial charge in [-0.2, -0.15) is 5.10 Å². The van der Waals surface area contributed by atoms with E-state index in [0.717, 1.165) is 0 Å². The van der Waals surface area contributed by atoms with Crippen molar-refractivity contribution >= 4 is 22.4 Å². The fourth-order valence-electron chi connectivity index (χ4n) is 2.56. The van der Waals surface area contributed by atoms with Crippen LogP contribution in [0.25, 0.3) is 10.8 Å². The molecule has 6 nitrogen and oxygen atoms in total. The van der Waals surface area contributed by atoms with Gasteiger partial charge in [-0.05, 0) is 18.2 Å². The van der Waals surface area contributed by atoms with Crippen molar-refractivity contribution in [1.82, 2.24) is 9.78 Å². The number of nitrogens with zero attached hydrogens (tertiary/aromatic N) is 2. The van der Waals surface area contributed by atoms with Crippen LogP contribution >= 0.6 is 0 Å². The van der Waals surface area contributed by atoms with E-state index in [4.69, 9.17) is 4.74 Å². The van der Waals surface area contributed by atoms with Gasteiger partial charge in [0, 0.05) is 24.2 Å². The highest BCUT2D eigenvalue weighted by Gasteiger charge is 2.12. The van der Waals surface area contributed by atoms with E-state index >= 15 is 0 Å². The van der Waals surface area contributed by atoms with E-state index < -0.39 is 0 Å². The van der Waals surface area contributed by atoms with Crippen molar-refractivity contribution in [3.8, 4) is 5.75 Å². The number of nitrogens with one attached hydrogen (secondary N) is 1. The lowest BCUT2D eigenvalue weighted by atomic mass is 10.1. The highest BCUT2D eigenvalue weighted by Crippen LogP contribution is 2.18. The number of carbonyl (C=O) groups excluding carboxylic acids is 1. The Morgan fingerprint density at radius 1 is 1.17 bits per heavy atom. The largest absolute Gasteiger partial charge is 0.497 e. The van der Waals surface area contributed by atoms with Crippen LogP contribution in [-0.2, 0) is 18.3 Å². The van der Waals surface area contributed by atoms with E-state index in [1.807, 2.05) is 6.07 Å². The lowest BCUT2D eigenvalue weighted by Crippen LogP contribution is -2.24. The standard InChI is InChI=1S/C18H17N3O3/c1-21-18(23)15-9-4-3-8-14(15)16(20-21)11-17(22)19-12-6-5-7-13(10-12)24-2/h3-10H,11H2,1-2H3,(H,19,22). The van der Waals surface area contributed by atoms with Crippen LogP contribution in [0.2, 0.25) is 0 Å². The first kappa shape index (κ1) is 15.7. The molecule has 1 amide bonds. The van der Waals surface area contributed by atoms with Crippen LogP contribution in [0.3, 0.4) is 0 Å². The van der Waals surface area contributed by atoms with Gasteiger partial charge in [0.1, 0.15) is 5.75 Å². The summed E-state index contributed by atoms with van der Waals surface area (Å²) < 4.78 is 6.40. The predicted octanol–water partition coefficient (Wildman–Crippen LogP) is 2.12. The van der Waals surface area contributed by atoms with Gasteiger partial charge in [0.05, 0.1) is 24.6 Å². The van der Waals surface area contributed by atoms with Crippen molar-refractivity contribution in [2.75, 3.05) is 12.4 Å². The topological polar surface area (TPSA) is 73.2 Å². The first-order valence-corrected chi connectivity index (χ1v) is 7.47. The van der Waals surface area contributed by atoms with Gasteiger partial charge in [-0.25, -0.2) is 4.68 Å². The molecule has 1 aromatic heterocycles. The molecular weight excluding hydrogens is 306 g/mol. The van der Waals surface area contributed by atoms with Crippen molar-refractivity contribution in [1.29, 1.82) is 0 Å². The fraction of sp³-hybridized carbons (Fsp3) is 0.167. The maximum absolute atomic E-state index is 12.3. The molecule has 0 radical (unpaired) electrons. The summed E-state index contributed by atoms with van der Waals surface area (Å²) in [5.41, 5.74) is 1.03. The molecule has 0 spiro atoms. The van der Waals surface area contributed by atoms with Crippen LogP contribution in [0.15, 0.2) is 53.3 Å². The molecule has 24 heavy (non-hydrogen) atoms. The Balaban J connectivity index is 1.88. The summed E-state index contributed by atoms with van der Waals surface area (Å²) in [7, 11) is 3.15. The third-order valence-corrected chi connectivity index (χ3v) is 3.71. The second kappa shape index (κ2) is 6.54. The minimum Gasteiger partial charge on any atom is -0.497 e. The minimum atomic E-state index is -0.209. The third kappa shape index (κ3) is 3.12. The SMILES string of the molecule is COc1cccc(NC(=O)Cc2nn(C)c(=O)c3ccccc23)c1. The molecular formula is C18H17N3O3. The Kier molecular flexibility index (Phi) is 4.29. The molecule has 0 saturated carbocycles. The van der Waals surface area contributed by atoms with Crippen molar-refractivity contribution < 1.29 is 9.53 Å². The van der Waals surface area contributed by atoms with Gasteiger partial charge in [-0.1, -0.05) is 24.3 Å². The van der Waals surface area contributed by atoms with Gasteiger partial charge >= 0.3 is 0 Å². The van der Waals surface area contributed by atoms with Gasteiger partial charge in [-0.3, -0.25) is 9.59 Å². The second-order valence-electron chi connectivity index (χ2n) is 5.38. The summed E-state index contributed by atoms with van der Waals surface area (Å²) in [6, 6.07) is 14.3. The average molecular weight is 323 g/mol. The van der Waals surface area contributed by atoms with Crippen LogP contribution < -0.4 is 15.6 Å². The zero-order valence-electron chi connectivity index (χ0n) is 13.4. The Morgan fingerprint density at radius 3 is 2.67 bits per heavy atom. The molecule has 0 saturated heterocycles. The number of methoxy groups -OCH3 is 1. The minimum absolute atomic E-state index is 0.0752. The zero-order valence-corrected chi connectivity index (χ0v) is 13.4. The Bertz CT molecular complexity index is 963. The van der Waals surface area contributed by atoms with Crippen LogP contribution in [-0.4, -0.2) is 22.8 Å². The summed E-state index contributed by atoms with van der Waals surface area (Å²) in [4.78, 5) is 24.5. The van der Waals surface area contributed by atoms with E-state index in [-0.39, 0.29) is 17.9 Å². The number of amides is 1. The highest BCUT2D eigenvalue weighted by molar-refractivity contribution is 5.95. The number of ether oxygens (including phenoxy) is 1. The molecule has 0 aliphatic heterocycles. The third-order valence-electron chi connectivity index (χ3n) is 3.71. The molecule has 0 aliphatic carbocycles. The quantitative estimate of drug-likeness (QED) is 0.798. The van der Waals surface area contributed by atoms with Crippen molar-refractivity contribution in [2.45, 2.75) is 6.42 Å². The number of fused-ring (bicyclic) bond motifs is 1. The number of aromatic nitrogens is 2. The summed E-state index contributed by atoms with van der Waals surface area (Å²) in [6.07, 6.45) is 0.0752. The lowest BCUT2D eigenvalue weighted by molar-refractivity contribution is -0.115. The summed E-state index contributed by atoms with van der Waals surface area (Å²) in [5, 5.41) is 8.30. The Morgan fingerprint density at radius 2 is 1.92 bits per heavy atom. The molecule has 0 aliphatic rings. The van der Waals surface area contributed by atoms with Crippen LogP contribution in [0.5, 0.6) is 5.75 Å². The molecule has 0 bridgehead atoms. The van der Waals surface area contributed by atoms with Crippen molar-refractivity contribution in [3.05, 3.63) is 64.6 Å². The molecule has 1 heterocycles. The maximum Gasteiger partial charge on any atom is 0.274 e. The number of carbonyl (C=O) groups is 1.